The molecule has 1 atom stereocenters. The van der Waals surface area contributed by atoms with Gasteiger partial charge in [-0.2, -0.15) is 21.6 Å². The van der Waals surface area contributed by atoms with Gasteiger partial charge in [-0.25, -0.2) is 14.6 Å². The molecule has 14 heteroatoms. The molecule has 2 aromatic heterocycles. The Labute approximate surface area is 170 Å². The number of aromatic carboxylic acids is 1. The van der Waals surface area contributed by atoms with Crippen LogP contribution < -0.4 is 15.4 Å². The second-order valence-corrected chi connectivity index (χ2v) is 7.80. The smallest absolute Gasteiger partial charge is 0.478 e. The highest BCUT2D eigenvalue weighted by atomic mass is 32.2. The standard InChI is InChI=1S/C17H12F3N3O7S/c1-8(9-2-4-10(5-3-9)15(25)26)23-14(24)11-6-13(21-7-12(11)22-16(23)27)30-31(28,29)17(18,19)20/h2-8H,1H3,(H,22,27)(H,25,26). The summed E-state index contributed by atoms with van der Waals surface area (Å²) in [5.74, 6) is -2.19. The Balaban J connectivity index is 2.10. The van der Waals surface area contributed by atoms with Gasteiger partial charge in [0, 0.05) is 6.07 Å². The molecule has 0 aliphatic carbocycles. The van der Waals surface area contributed by atoms with E-state index >= 15 is 0 Å². The van der Waals surface area contributed by atoms with E-state index in [2.05, 4.69) is 14.2 Å². The van der Waals surface area contributed by atoms with Gasteiger partial charge >= 0.3 is 27.3 Å². The fourth-order valence-corrected chi connectivity index (χ4v) is 3.13. The van der Waals surface area contributed by atoms with E-state index in [0.717, 1.165) is 10.8 Å². The SMILES string of the molecule is CC(c1ccc(C(=O)O)cc1)n1c(=O)[nH]c2cnc(OS(=O)(=O)C(F)(F)F)cc2c1=O. The summed E-state index contributed by atoms with van der Waals surface area (Å²) in [4.78, 5) is 41.9. The fraction of sp³-hybridized carbons (Fsp3) is 0.176. The van der Waals surface area contributed by atoms with Crippen LogP contribution in [0.1, 0.15) is 28.9 Å². The molecule has 0 spiro atoms. The van der Waals surface area contributed by atoms with Crippen LogP contribution in [0.5, 0.6) is 5.88 Å². The highest BCUT2D eigenvalue weighted by molar-refractivity contribution is 7.87. The first kappa shape index (κ1) is 22.0. The Bertz CT molecular complexity index is 1390. The lowest BCUT2D eigenvalue weighted by Crippen LogP contribution is -2.37. The maximum absolute atomic E-state index is 12.8. The number of benzene rings is 1. The van der Waals surface area contributed by atoms with Crippen LogP contribution in [-0.2, 0) is 10.1 Å². The quantitative estimate of drug-likeness (QED) is 0.432. The van der Waals surface area contributed by atoms with Crippen LogP contribution in [0.15, 0.2) is 46.1 Å². The first-order valence-corrected chi connectivity index (χ1v) is 9.71. The maximum atomic E-state index is 12.8. The Morgan fingerprint density at radius 3 is 2.39 bits per heavy atom. The minimum atomic E-state index is -6.01. The molecule has 0 aliphatic rings. The summed E-state index contributed by atoms with van der Waals surface area (Å²) in [6.07, 6.45) is 0.788. The van der Waals surface area contributed by atoms with Crippen LogP contribution in [0, 0.1) is 0 Å². The van der Waals surface area contributed by atoms with Gasteiger partial charge in [-0.3, -0.25) is 9.36 Å². The number of nitrogens with one attached hydrogen (secondary N) is 1. The van der Waals surface area contributed by atoms with Crippen molar-refractivity contribution in [1.82, 2.24) is 14.5 Å². The normalized spacial score (nSPS) is 13.2. The molecule has 0 aliphatic heterocycles. The van der Waals surface area contributed by atoms with Gasteiger partial charge in [0.1, 0.15) is 0 Å². The lowest BCUT2D eigenvalue weighted by atomic mass is 10.1. The number of aromatic nitrogens is 3. The Morgan fingerprint density at radius 1 is 1.23 bits per heavy atom. The van der Waals surface area contributed by atoms with E-state index in [0.29, 0.717) is 11.6 Å². The highest BCUT2D eigenvalue weighted by Gasteiger charge is 2.48. The van der Waals surface area contributed by atoms with Crippen molar-refractivity contribution >= 4 is 27.0 Å². The largest absolute Gasteiger partial charge is 0.534 e. The molecule has 0 amide bonds. The maximum Gasteiger partial charge on any atom is 0.534 e. The summed E-state index contributed by atoms with van der Waals surface area (Å²) >= 11 is 0. The van der Waals surface area contributed by atoms with E-state index < -0.39 is 44.8 Å². The number of halogens is 3. The number of carboxylic acids is 1. The van der Waals surface area contributed by atoms with Gasteiger partial charge in [-0.15, -0.1) is 0 Å². The lowest BCUT2D eigenvalue weighted by Gasteiger charge is -2.15. The van der Waals surface area contributed by atoms with Gasteiger partial charge in [0.25, 0.3) is 5.56 Å². The number of pyridine rings is 1. The summed E-state index contributed by atoms with van der Waals surface area (Å²) in [6.45, 7) is 1.46. The fourth-order valence-electron chi connectivity index (χ4n) is 2.72. The van der Waals surface area contributed by atoms with Gasteiger partial charge in [-0.1, -0.05) is 12.1 Å². The molecule has 1 aromatic carbocycles. The van der Waals surface area contributed by atoms with E-state index in [-0.39, 0.29) is 16.5 Å². The predicted molar refractivity (Wildman–Crippen MR) is 99.4 cm³/mol. The molecule has 2 heterocycles. The third kappa shape index (κ3) is 4.14. The van der Waals surface area contributed by atoms with Crippen LogP contribution in [0.4, 0.5) is 13.2 Å². The predicted octanol–water partition coefficient (Wildman–Crippen LogP) is 1.62. The van der Waals surface area contributed by atoms with Gasteiger partial charge < -0.3 is 14.3 Å². The highest BCUT2D eigenvalue weighted by Crippen LogP contribution is 2.26. The van der Waals surface area contributed by atoms with Crippen molar-refractivity contribution in [2.24, 2.45) is 0 Å². The van der Waals surface area contributed by atoms with Crippen molar-refractivity contribution in [2.45, 2.75) is 18.5 Å². The Hall–Kier alpha value is -3.68. The molecule has 0 fully saturated rings. The zero-order valence-electron chi connectivity index (χ0n) is 15.4. The number of alkyl halides is 3. The topological polar surface area (TPSA) is 148 Å². The molecular formula is C17H12F3N3O7S. The number of nitrogens with zero attached hydrogens (tertiary/aromatic N) is 2. The zero-order chi connectivity index (χ0) is 23.1. The van der Waals surface area contributed by atoms with Crippen molar-refractivity contribution in [1.29, 1.82) is 0 Å². The average molecular weight is 459 g/mol. The van der Waals surface area contributed by atoms with Crippen LogP contribution in [0.2, 0.25) is 0 Å². The van der Waals surface area contributed by atoms with Crippen molar-refractivity contribution in [3.63, 3.8) is 0 Å². The molecule has 31 heavy (non-hydrogen) atoms. The zero-order valence-corrected chi connectivity index (χ0v) is 16.2. The first-order chi connectivity index (χ1) is 14.3. The molecule has 10 nitrogen and oxygen atoms in total. The van der Waals surface area contributed by atoms with E-state index in [4.69, 9.17) is 5.11 Å². The number of carboxylic acid groups (broad SMARTS) is 1. The second kappa shape index (κ2) is 7.54. The minimum absolute atomic E-state index is 0.0190. The second-order valence-electron chi connectivity index (χ2n) is 6.26. The molecule has 164 valence electrons. The van der Waals surface area contributed by atoms with Crippen LogP contribution in [0.3, 0.4) is 0 Å². The summed E-state index contributed by atoms with van der Waals surface area (Å²) in [7, 11) is -6.01. The molecule has 3 aromatic rings. The Morgan fingerprint density at radius 2 is 1.84 bits per heavy atom. The molecule has 0 radical (unpaired) electrons. The van der Waals surface area contributed by atoms with Crippen LogP contribution in [-0.4, -0.2) is 39.5 Å². The van der Waals surface area contributed by atoms with E-state index in [9.17, 15) is 36.0 Å². The minimum Gasteiger partial charge on any atom is -0.478 e. The third-order valence-corrected chi connectivity index (χ3v) is 5.25. The van der Waals surface area contributed by atoms with Crippen molar-refractivity contribution in [3.8, 4) is 5.88 Å². The molecule has 0 saturated carbocycles. The molecule has 2 N–H and O–H groups in total. The number of rotatable bonds is 5. The monoisotopic (exact) mass is 459 g/mol. The third-order valence-electron chi connectivity index (χ3n) is 4.29. The van der Waals surface area contributed by atoms with Crippen LogP contribution >= 0.6 is 0 Å². The van der Waals surface area contributed by atoms with Crippen LogP contribution in [0.25, 0.3) is 10.9 Å². The summed E-state index contributed by atoms with van der Waals surface area (Å²) in [5.41, 5.74) is -7.31. The van der Waals surface area contributed by atoms with Gasteiger partial charge in [0.05, 0.1) is 28.7 Å². The molecular weight excluding hydrogens is 447 g/mol. The summed E-state index contributed by atoms with van der Waals surface area (Å²) in [6, 6.07) is 5.08. The van der Waals surface area contributed by atoms with Gasteiger partial charge in [-0.05, 0) is 24.6 Å². The number of H-pyrrole nitrogens is 1. The number of aromatic amines is 1. The van der Waals surface area contributed by atoms with E-state index in [1.54, 1.807) is 0 Å². The first-order valence-electron chi connectivity index (χ1n) is 8.30. The number of hydrogen-bond donors (Lipinski definition) is 2. The summed E-state index contributed by atoms with van der Waals surface area (Å²) in [5, 5.41) is 8.60. The van der Waals surface area contributed by atoms with E-state index in [1.165, 1.54) is 31.2 Å². The molecule has 0 bridgehead atoms. The number of fused-ring (bicyclic) bond motifs is 1. The van der Waals surface area contributed by atoms with Crippen molar-refractivity contribution in [2.75, 3.05) is 0 Å². The average Bonchev–Trinajstić information content (AvgIpc) is 2.67. The summed E-state index contributed by atoms with van der Waals surface area (Å²) < 4.78 is 64.5. The van der Waals surface area contributed by atoms with E-state index in [1.807, 2.05) is 0 Å². The molecule has 3 rings (SSSR count). The van der Waals surface area contributed by atoms with Gasteiger partial charge in [0.2, 0.25) is 5.88 Å². The van der Waals surface area contributed by atoms with Gasteiger partial charge in [0.15, 0.2) is 0 Å². The number of hydrogen-bond acceptors (Lipinski definition) is 7. The molecule has 1 unspecified atom stereocenters. The number of carbonyl (C=O) groups is 1. The lowest BCUT2D eigenvalue weighted by molar-refractivity contribution is -0.0501. The Kier molecular flexibility index (Phi) is 5.35. The van der Waals surface area contributed by atoms with Crippen molar-refractivity contribution < 1.29 is 35.7 Å². The molecule has 0 saturated heterocycles. The van der Waals surface area contributed by atoms with Crippen molar-refractivity contribution in [3.05, 3.63) is 68.5 Å².